The van der Waals surface area contributed by atoms with Gasteiger partial charge in [0.25, 0.3) is 0 Å². The molecule has 0 bridgehead atoms. The maximum absolute atomic E-state index is 12.4. The zero-order valence-electron chi connectivity index (χ0n) is 12.7. The van der Waals surface area contributed by atoms with E-state index in [1.54, 1.807) is 0 Å². The fraction of sp³-hybridized carbons (Fsp3) is 0.933. The minimum atomic E-state index is 0.0682. The van der Waals surface area contributed by atoms with Crippen molar-refractivity contribution in [3.8, 4) is 0 Å². The smallest absolute Gasteiger partial charge is 0.241 e. The maximum atomic E-state index is 12.4. The Hall–Kier alpha value is -0.610. The number of likely N-dealkylation sites (tertiary alicyclic amines) is 1. The van der Waals surface area contributed by atoms with Crippen molar-refractivity contribution in [2.75, 3.05) is 26.2 Å². The molecule has 1 amide bonds. The van der Waals surface area contributed by atoms with Crippen molar-refractivity contribution in [3.05, 3.63) is 0 Å². The van der Waals surface area contributed by atoms with Gasteiger partial charge in [0.1, 0.15) is 0 Å². The van der Waals surface area contributed by atoms with E-state index in [-0.39, 0.29) is 12.2 Å². The minimum absolute atomic E-state index is 0.0682. The lowest BCUT2D eigenvalue weighted by Crippen LogP contribution is -2.39. The summed E-state index contributed by atoms with van der Waals surface area (Å²) in [6.07, 6.45) is 4.74. The second kappa shape index (κ2) is 6.71. The lowest BCUT2D eigenvalue weighted by molar-refractivity contribution is -0.130. The zero-order valence-corrected chi connectivity index (χ0v) is 12.7. The third-order valence-electron chi connectivity index (χ3n) is 4.61. The molecule has 1 N–H and O–H groups in total. The van der Waals surface area contributed by atoms with Crippen LogP contribution in [0.3, 0.4) is 0 Å². The van der Waals surface area contributed by atoms with Gasteiger partial charge in [-0.2, -0.15) is 0 Å². The molecule has 3 unspecified atom stereocenters. The summed E-state index contributed by atoms with van der Waals surface area (Å²) in [5.41, 5.74) is 0. The van der Waals surface area contributed by atoms with Crippen molar-refractivity contribution in [3.63, 3.8) is 0 Å². The summed E-state index contributed by atoms with van der Waals surface area (Å²) in [6, 6.07) is 0.0682. The summed E-state index contributed by atoms with van der Waals surface area (Å²) in [5.74, 6) is 0.994. The fourth-order valence-corrected chi connectivity index (χ4v) is 3.33. The Morgan fingerprint density at radius 3 is 2.79 bits per heavy atom. The number of rotatable bonds is 6. The topological polar surface area (TPSA) is 35.6 Å². The van der Waals surface area contributed by atoms with E-state index >= 15 is 0 Å². The third kappa shape index (κ3) is 3.48. The number of unbranched alkanes of at least 4 members (excludes halogenated alkanes) is 1. The SMILES string of the molecule is CCCCC1NC(C)N(CC2CCN(CC)C2)C1=O. The molecule has 2 saturated heterocycles. The normalized spacial score (nSPS) is 32.5. The lowest BCUT2D eigenvalue weighted by atomic mass is 10.1. The molecule has 2 aliphatic heterocycles. The van der Waals surface area contributed by atoms with E-state index in [4.69, 9.17) is 0 Å². The monoisotopic (exact) mass is 267 g/mol. The Morgan fingerprint density at radius 2 is 2.16 bits per heavy atom. The molecule has 0 aromatic rings. The summed E-state index contributed by atoms with van der Waals surface area (Å²) in [5, 5.41) is 3.45. The summed E-state index contributed by atoms with van der Waals surface area (Å²) < 4.78 is 0. The molecule has 4 heteroatoms. The number of amides is 1. The van der Waals surface area contributed by atoms with Crippen molar-refractivity contribution in [1.29, 1.82) is 0 Å². The van der Waals surface area contributed by atoms with Gasteiger partial charge in [-0.3, -0.25) is 10.1 Å². The Bertz CT molecular complexity index is 308. The first-order valence-corrected chi connectivity index (χ1v) is 7.94. The molecular weight excluding hydrogens is 238 g/mol. The van der Waals surface area contributed by atoms with Crippen LogP contribution in [0.25, 0.3) is 0 Å². The van der Waals surface area contributed by atoms with Crippen molar-refractivity contribution in [2.45, 2.75) is 58.7 Å². The molecule has 2 fully saturated rings. The van der Waals surface area contributed by atoms with Gasteiger partial charge in [0.05, 0.1) is 12.2 Å². The minimum Gasteiger partial charge on any atom is -0.326 e. The lowest BCUT2D eigenvalue weighted by Gasteiger charge is -2.24. The second-order valence-corrected chi connectivity index (χ2v) is 6.08. The molecule has 0 saturated carbocycles. The summed E-state index contributed by atoms with van der Waals surface area (Å²) in [6.45, 7) is 10.9. The van der Waals surface area contributed by atoms with Crippen LogP contribution < -0.4 is 5.32 Å². The van der Waals surface area contributed by atoms with Crippen molar-refractivity contribution < 1.29 is 4.79 Å². The van der Waals surface area contributed by atoms with E-state index in [9.17, 15) is 4.79 Å². The van der Waals surface area contributed by atoms with Crippen molar-refractivity contribution in [2.24, 2.45) is 5.92 Å². The fourth-order valence-electron chi connectivity index (χ4n) is 3.33. The molecule has 2 rings (SSSR count). The van der Waals surface area contributed by atoms with Gasteiger partial charge in [-0.15, -0.1) is 0 Å². The van der Waals surface area contributed by atoms with Crippen LogP contribution in [0.4, 0.5) is 0 Å². The van der Waals surface area contributed by atoms with Crippen LogP contribution >= 0.6 is 0 Å². The van der Waals surface area contributed by atoms with Gasteiger partial charge in [-0.05, 0) is 38.8 Å². The number of nitrogens with one attached hydrogen (secondary N) is 1. The molecule has 2 heterocycles. The molecule has 4 nitrogen and oxygen atoms in total. The highest BCUT2D eigenvalue weighted by atomic mass is 16.2. The first-order valence-electron chi connectivity index (χ1n) is 7.94. The number of carbonyl (C=O) groups is 1. The Kier molecular flexibility index (Phi) is 5.22. The Morgan fingerprint density at radius 1 is 1.37 bits per heavy atom. The van der Waals surface area contributed by atoms with Crippen molar-refractivity contribution >= 4 is 5.91 Å². The number of hydrogen-bond donors (Lipinski definition) is 1. The van der Waals surface area contributed by atoms with Crippen LogP contribution in [0.1, 0.15) is 46.5 Å². The van der Waals surface area contributed by atoms with Crippen LogP contribution in [-0.4, -0.2) is 54.1 Å². The third-order valence-corrected chi connectivity index (χ3v) is 4.61. The molecular formula is C15H29N3O. The van der Waals surface area contributed by atoms with Gasteiger partial charge in [0.15, 0.2) is 0 Å². The first-order chi connectivity index (χ1) is 9.15. The van der Waals surface area contributed by atoms with E-state index in [1.165, 1.54) is 13.0 Å². The van der Waals surface area contributed by atoms with E-state index in [2.05, 4.69) is 35.9 Å². The molecule has 110 valence electrons. The average Bonchev–Trinajstić information content (AvgIpc) is 2.96. The van der Waals surface area contributed by atoms with Crippen LogP contribution in [0.2, 0.25) is 0 Å². The molecule has 3 atom stereocenters. The standard InChI is InChI=1S/C15H29N3O/c1-4-6-7-14-15(19)18(12(3)16-14)11-13-8-9-17(5-2)10-13/h12-14,16H,4-11H2,1-3H3. The van der Waals surface area contributed by atoms with Gasteiger partial charge in [0.2, 0.25) is 5.91 Å². The van der Waals surface area contributed by atoms with Gasteiger partial charge in [-0.1, -0.05) is 26.7 Å². The summed E-state index contributed by atoms with van der Waals surface area (Å²) in [7, 11) is 0. The van der Waals surface area contributed by atoms with Gasteiger partial charge in [0, 0.05) is 13.1 Å². The highest BCUT2D eigenvalue weighted by molar-refractivity contribution is 5.84. The largest absolute Gasteiger partial charge is 0.326 e. The van der Waals surface area contributed by atoms with Crippen molar-refractivity contribution in [1.82, 2.24) is 15.1 Å². The predicted octanol–water partition coefficient (Wildman–Crippen LogP) is 1.66. The van der Waals surface area contributed by atoms with Crippen LogP contribution in [-0.2, 0) is 4.79 Å². The molecule has 0 radical (unpaired) electrons. The first kappa shape index (κ1) is 14.8. The highest BCUT2D eigenvalue weighted by Gasteiger charge is 2.37. The Balaban J connectivity index is 1.85. The molecule has 2 aliphatic rings. The van der Waals surface area contributed by atoms with Gasteiger partial charge < -0.3 is 9.80 Å². The zero-order chi connectivity index (χ0) is 13.8. The highest BCUT2D eigenvalue weighted by Crippen LogP contribution is 2.22. The van der Waals surface area contributed by atoms with Crippen LogP contribution in [0.5, 0.6) is 0 Å². The second-order valence-electron chi connectivity index (χ2n) is 6.08. The molecule has 0 spiro atoms. The van der Waals surface area contributed by atoms with Crippen LogP contribution in [0.15, 0.2) is 0 Å². The maximum Gasteiger partial charge on any atom is 0.241 e. The molecule has 19 heavy (non-hydrogen) atoms. The number of nitrogens with zero attached hydrogens (tertiary/aromatic N) is 2. The summed E-state index contributed by atoms with van der Waals surface area (Å²) >= 11 is 0. The molecule has 0 aliphatic carbocycles. The van der Waals surface area contributed by atoms with Gasteiger partial charge in [-0.25, -0.2) is 0 Å². The summed E-state index contributed by atoms with van der Waals surface area (Å²) in [4.78, 5) is 17.0. The number of carbonyl (C=O) groups excluding carboxylic acids is 1. The van der Waals surface area contributed by atoms with Gasteiger partial charge >= 0.3 is 0 Å². The van der Waals surface area contributed by atoms with E-state index in [0.717, 1.165) is 38.9 Å². The predicted molar refractivity (Wildman–Crippen MR) is 77.8 cm³/mol. The van der Waals surface area contributed by atoms with E-state index < -0.39 is 0 Å². The number of hydrogen-bond acceptors (Lipinski definition) is 3. The van der Waals surface area contributed by atoms with E-state index in [1.807, 2.05) is 0 Å². The van der Waals surface area contributed by atoms with Crippen LogP contribution in [0, 0.1) is 5.92 Å². The quantitative estimate of drug-likeness (QED) is 0.795. The Labute approximate surface area is 117 Å². The molecule has 0 aromatic carbocycles. The van der Waals surface area contributed by atoms with E-state index in [0.29, 0.717) is 11.8 Å². The molecule has 0 aromatic heterocycles. The average molecular weight is 267 g/mol.